The summed E-state index contributed by atoms with van der Waals surface area (Å²) in [5.41, 5.74) is 2.68. The number of anilines is 1. The number of nitrogens with one attached hydrogen (secondary N) is 1. The van der Waals surface area contributed by atoms with Gasteiger partial charge in [-0.2, -0.15) is 0 Å². The van der Waals surface area contributed by atoms with Crippen LogP contribution in [-0.2, 0) is 16.1 Å². The maximum atomic E-state index is 12.9. The number of thioether (sulfide) groups is 1. The average Bonchev–Trinajstić information content (AvgIpc) is 3.26. The number of likely N-dealkylation sites (tertiary alicyclic amines) is 1. The molecule has 0 radical (unpaired) electrons. The van der Waals surface area contributed by atoms with E-state index < -0.39 is 0 Å². The molecule has 9 heteroatoms. The number of thiazole rings is 1. The lowest BCUT2D eigenvalue weighted by molar-refractivity contribution is -0.132. The first-order valence-corrected chi connectivity index (χ1v) is 11.9. The maximum Gasteiger partial charge on any atom is 0.242 e. The number of para-hydroxylation sites is 2. The fourth-order valence-corrected chi connectivity index (χ4v) is 5.15. The Kier molecular flexibility index (Phi) is 6.38. The van der Waals surface area contributed by atoms with Gasteiger partial charge < -0.3 is 14.8 Å². The van der Waals surface area contributed by atoms with Crippen molar-refractivity contribution in [2.45, 2.75) is 44.8 Å². The summed E-state index contributed by atoms with van der Waals surface area (Å²) in [6.45, 7) is 5.80. The van der Waals surface area contributed by atoms with Gasteiger partial charge in [-0.15, -0.1) is 11.3 Å². The lowest BCUT2D eigenvalue weighted by Crippen LogP contribution is -2.37. The molecule has 0 saturated carbocycles. The molecule has 4 rings (SSSR count). The fraction of sp³-hybridized carbons (Fsp3) is 0.429. The summed E-state index contributed by atoms with van der Waals surface area (Å²) >= 11 is 2.82. The molecule has 1 N–H and O–H groups in total. The summed E-state index contributed by atoms with van der Waals surface area (Å²) in [6.07, 6.45) is 3.31. The van der Waals surface area contributed by atoms with Crippen LogP contribution in [-0.4, -0.2) is 50.1 Å². The van der Waals surface area contributed by atoms with Crippen molar-refractivity contribution in [3.05, 3.63) is 34.8 Å². The van der Waals surface area contributed by atoms with Crippen molar-refractivity contribution in [2.24, 2.45) is 0 Å². The number of hydrogen-bond acceptors (Lipinski definition) is 6. The Morgan fingerprint density at radius 1 is 1.13 bits per heavy atom. The Bertz CT molecular complexity index is 1050. The quantitative estimate of drug-likeness (QED) is 0.585. The van der Waals surface area contributed by atoms with E-state index in [2.05, 4.69) is 15.3 Å². The van der Waals surface area contributed by atoms with E-state index >= 15 is 0 Å². The summed E-state index contributed by atoms with van der Waals surface area (Å²) in [4.78, 5) is 37.3. The molecule has 7 nitrogen and oxygen atoms in total. The van der Waals surface area contributed by atoms with Gasteiger partial charge in [-0.05, 0) is 45.2 Å². The van der Waals surface area contributed by atoms with E-state index in [1.54, 1.807) is 0 Å². The van der Waals surface area contributed by atoms with Crippen molar-refractivity contribution in [3.63, 3.8) is 0 Å². The molecule has 0 bridgehead atoms. The van der Waals surface area contributed by atoms with Crippen molar-refractivity contribution in [1.82, 2.24) is 19.4 Å². The van der Waals surface area contributed by atoms with Gasteiger partial charge in [0, 0.05) is 18.0 Å². The van der Waals surface area contributed by atoms with Gasteiger partial charge in [-0.1, -0.05) is 23.9 Å². The zero-order valence-electron chi connectivity index (χ0n) is 17.2. The Balaban J connectivity index is 1.48. The number of amides is 2. The van der Waals surface area contributed by atoms with Crippen molar-refractivity contribution < 1.29 is 9.59 Å². The molecule has 0 unspecified atom stereocenters. The molecular weight excluding hydrogens is 418 g/mol. The van der Waals surface area contributed by atoms with E-state index in [-0.39, 0.29) is 24.1 Å². The minimum Gasteiger partial charge on any atom is -0.341 e. The van der Waals surface area contributed by atoms with Gasteiger partial charge in [0.25, 0.3) is 0 Å². The second-order valence-corrected chi connectivity index (χ2v) is 9.55. The lowest BCUT2D eigenvalue weighted by atomic mass is 10.1. The number of aryl methyl sites for hydroxylation is 2. The third-order valence-electron chi connectivity index (χ3n) is 5.23. The first kappa shape index (κ1) is 20.9. The van der Waals surface area contributed by atoms with Crippen LogP contribution in [0.5, 0.6) is 0 Å². The Morgan fingerprint density at radius 3 is 2.63 bits per heavy atom. The molecule has 3 heterocycles. The van der Waals surface area contributed by atoms with E-state index in [0.717, 1.165) is 47.5 Å². The number of carbonyl (C=O) groups is 2. The van der Waals surface area contributed by atoms with Gasteiger partial charge in [0.1, 0.15) is 6.54 Å². The summed E-state index contributed by atoms with van der Waals surface area (Å²) in [6, 6.07) is 7.78. The fourth-order valence-electron chi connectivity index (χ4n) is 3.51. The third kappa shape index (κ3) is 4.67. The van der Waals surface area contributed by atoms with Crippen LogP contribution in [0.15, 0.2) is 29.4 Å². The van der Waals surface area contributed by atoms with Crippen LogP contribution in [0.3, 0.4) is 0 Å². The Labute approximate surface area is 183 Å². The molecule has 1 aliphatic heterocycles. The highest BCUT2D eigenvalue weighted by Crippen LogP contribution is 2.26. The molecule has 2 amide bonds. The molecule has 1 aromatic carbocycles. The maximum absolute atomic E-state index is 12.9. The van der Waals surface area contributed by atoms with Crippen molar-refractivity contribution in [3.8, 4) is 0 Å². The molecule has 30 heavy (non-hydrogen) atoms. The number of rotatable bonds is 6. The van der Waals surface area contributed by atoms with Crippen molar-refractivity contribution in [2.75, 3.05) is 24.2 Å². The monoisotopic (exact) mass is 443 g/mol. The third-order valence-corrected chi connectivity index (χ3v) is 7.19. The SMILES string of the molecule is Cc1nc(NC(=O)CSc2nc3ccccc3n2CC(=O)N2CCCCC2)sc1C. The minimum absolute atomic E-state index is 0.109. The number of carbonyl (C=O) groups excluding carboxylic acids is 2. The van der Waals surface area contributed by atoms with Crippen LogP contribution in [0.25, 0.3) is 11.0 Å². The van der Waals surface area contributed by atoms with E-state index in [4.69, 9.17) is 0 Å². The number of hydrogen-bond donors (Lipinski definition) is 1. The molecule has 158 valence electrons. The molecule has 2 aromatic heterocycles. The second-order valence-electron chi connectivity index (χ2n) is 7.41. The summed E-state index contributed by atoms with van der Waals surface area (Å²) in [5, 5.41) is 4.15. The van der Waals surface area contributed by atoms with Crippen molar-refractivity contribution >= 4 is 51.1 Å². The molecule has 1 saturated heterocycles. The van der Waals surface area contributed by atoms with Gasteiger partial charge in [-0.3, -0.25) is 9.59 Å². The van der Waals surface area contributed by atoms with E-state index in [0.29, 0.717) is 10.3 Å². The molecular formula is C21H25N5O2S2. The highest BCUT2D eigenvalue weighted by atomic mass is 32.2. The predicted molar refractivity (Wildman–Crippen MR) is 121 cm³/mol. The average molecular weight is 444 g/mol. The highest BCUT2D eigenvalue weighted by molar-refractivity contribution is 7.99. The van der Waals surface area contributed by atoms with E-state index in [1.165, 1.54) is 29.5 Å². The first-order chi connectivity index (χ1) is 14.5. The summed E-state index contributed by atoms with van der Waals surface area (Å²) in [5.74, 6) is 0.187. The highest BCUT2D eigenvalue weighted by Gasteiger charge is 2.20. The van der Waals surface area contributed by atoms with Gasteiger partial charge in [0.15, 0.2) is 10.3 Å². The standard InChI is InChI=1S/C21H25N5O2S2/c1-14-15(2)30-20(22-14)24-18(27)13-29-21-23-16-8-4-5-9-17(16)26(21)12-19(28)25-10-6-3-7-11-25/h4-5,8-9H,3,6-7,10-13H2,1-2H3,(H,22,24,27). The van der Waals surface area contributed by atoms with Crippen LogP contribution >= 0.6 is 23.1 Å². The van der Waals surface area contributed by atoms with Crippen LogP contribution in [0.2, 0.25) is 0 Å². The van der Waals surface area contributed by atoms with Crippen molar-refractivity contribution in [1.29, 1.82) is 0 Å². The second kappa shape index (κ2) is 9.18. The molecule has 0 spiro atoms. The lowest BCUT2D eigenvalue weighted by Gasteiger charge is -2.27. The number of benzene rings is 1. The molecule has 0 atom stereocenters. The number of fused-ring (bicyclic) bond motifs is 1. The zero-order chi connectivity index (χ0) is 21.1. The van der Waals surface area contributed by atoms with E-state index in [1.807, 2.05) is 47.6 Å². The number of aromatic nitrogens is 3. The molecule has 3 aromatic rings. The number of imidazole rings is 1. The molecule has 1 fully saturated rings. The normalized spacial score (nSPS) is 14.3. The predicted octanol–water partition coefficient (Wildman–Crippen LogP) is 3.85. The Morgan fingerprint density at radius 2 is 1.90 bits per heavy atom. The first-order valence-electron chi connectivity index (χ1n) is 10.1. The summed E-state index contributed by atoms with van der Waals surface area (Å²) < 4.78 is 1.93. The minimum atomic E-state index is -0.130. The smallest absolute Gasteiger partial charge is 0.242 e. The van der Waals surface area contributed by atoms with Gasteiger partial charge in [0.05, 0.1) is 22.5 Å². The number of nitrogens with zero attached hydrogens (tertiary/aromatic N) is 4. The van der Waals surface area contributed by atoms with Crippen LogP contribution in [0.1, 0.15) is 29.8 Å². The largest absolute Gasteiger partial charge is 0.341 e. The van der Waals surface area contributed by atoms with Gasteiger partial charge in [0.2, 0.25) is 11.8 Å². The Hall–Kier alpha value is -2.39. The van der Waals surface area contributed by atoms with Gasteiger partial charge in [-0.25, -0.2) is 9.97 Å². The van der Waals surface area contributed by atoms with E-state index in [9.17, 15) is 9.59 Å². The topological polar surface area (TPSA) is 80.1 Å². The van der Waals surface area contributed by atoms with Crippen LogP contribution in [0, 0.1) is 13.8 Å². The molecule has 0 aliphatic carbocycles. The molecule has 1 aliphatic rings. The summed E-state index contributed by atoms with van der Waals surface area (Å²) in [7, 11) is 0. The zero-order valence-corrected chi connectivity index (χ0v) is 18.8. The van der Waals surface area contributed by atoms with Crippen LogP contribution < -0.4 is 5.32 Å². The van der Waals surface area contributed by atoms with Gasteiger partial charge >= 0.3 is 0 Å². The van der Waals surface area contributed by atoms with Crippen LogP contribution in [0.4, 0.5) is 5.13 Å². The number of piperidine rings is 1.